The molecule has 1 aliphatic carbocycles. The van der Waals surface area contributed by atoms with Crippen molar-refractivity contribution < 1.29 is 27.9 Å². The number of nitrogens with zero attached hydrogens (tertiary/aromatic N) is 1. The van der Waals surface area contributed by atoms with E-state index in [9.17, 15) is 18.8 Å². The summed E-state index contributed by atoms with van der Waals surface area (Å²) in [4.78, 5) is 39.8. The van der Waals surface area contributed by atoms with Gasteiger partial charge in [-0.25, -0.2) is 8.78 Å². The molecule has 3 amide bonds. The van der Waals surface area contributed by atoms with Gasteiger partial charge in [0.15, 0.2) is 5.82 Å². The monoisotopic (exact) mass is 691 g/mol. The van der Waals surface area contributed by atoms with Crippen molar-refractivity contribution in [2.75, 3.05) is 29.2 Å². The minimum absolute atomic E-state index is 0.000530. The molecule has 0 aromatic heterocycles. The number of carbonyl (C=O) groups excluding carboxylic acids is 3. The number of anilines is 3. The molecule has 0 heterocycles. The highest BCUT2D eigenvalue weighted by molar-refractivity contribution is 6.53. The second kappa shape index (κ2) is 13.1. The fourth-order valence-corrected chi connectivity index (χ4v) is 5.85. The first-order valence-corrected chi connectivity index (χ1v) is 14.7. The molecule has 1 saturated carbocycles. The van der Waals surface area contributed by atoms with E-state index in [2.05, 4.69) is 10.6 Å². The molecule has 0 radical (unpaired) electrons. The molecular weight excluding hydrogens is 670 g/mol. The van der Waals surface area contributed by atoms with Crippen LogP contribution >= 0.6 is 58.0 Å². The molecule has 0 saturated heterocycles. The first-order valence-electron chi connectivity index (χ1n) is 12.8. The minimum Gasteiger partial charge on any atom is -0.369 e. The van der Waals surface area contributed by atoms with E-state index >= 15 is 4.39 Å². The predicted octanol–water partition coefficient (Wildman–Crippen LogP) is 8.09. The van der Waals surface area contributed by atoms with Gasteiger partial charge in [0.1, 0.15) is 21.9 Å². The van der Waals surface area contributed by atoms with E-state index in [-0.39, 0.29) is 33.6 Å². The molecule has 3 aromatic rings. The molecule has 14 heteroatoms. The number of hydrogen-bond acceptors (Lipinski definition) is 4. The van der Waals surface area contributed by atoms with Gasteiger partial charge < -0.3 is 20.3 Å². The molecule has 2 unspecified atom stereocenters. The smallest absolute Gasteiger partial charge is 0.259 e. The van der Waals surface area contributed by atoms with Crippen LogP contribution in [0, 0.1) is 17.6 Å². The molecule has 0 spiro atoms. The maximum Gasteiger partial charge on any atom is 0.259 e. The maximum absolute atomic E-state index is 15.4. The minimum atomic E-state index is -1.42. The number of hydrogen-bond donors (Lipinski definition) is 2. The van der Waals surface area contributed by atoms with Gasteiger partial charge in [0, 0.05) is 25.3 Å². The topological polar surface area (TPSA) is 87.7 Å². The zero-order chi connectivity index (χ0) is 31.8. The highest BCUT2D eigenvalue weighted by Gasteiger charge is 2.67. The third-order valence-corrected chi connectivity index (χ3v) is 8.88. The summed E-state index contributed by atoms with van der Waals surface area (Å²) in [7, 11) is 1.25. The summed E-state index contributed by atoms with van der Waals surface area (Å²) in [5.74, 6) is -5.73. The van der Waals surface area contributed by atoms with Crippen LogP contribution < -0.4 is 15.5 Å². The number of rotatable bonds is 9. The zero-order valence-corrected chi connectivity index (χ0v) is 26.6. The Balaban J connectivity index is 1.54. The van der Waals surface area contributed by atoms with Crippen molar-refractivity contribution in [3.05, 3.63) is 86.4 Å². The predicted molar refractivity (Wildman–Crippen MR) is 166 cm³/mol. The van der Waals surface area contributed by atoms with Crippen LogP contribution in [-0.4, -0.2) is 41.8 Å². The van der Waals surface area contributed by atoms with Crippen LogP contribution in [0.25, 0.3) is 0 Å². The number of nitrogens with one attached hydrogen (secondary N) is 2. The van der Waals surface area contributed by atoms with Crippen molar-refractivity contribution in [2.45, 2.75) is 30.2 Å². The van der Waals surface area contributed by atoms with Gasteiger partial charge in [0.05, 0.1) is 32.2 Å². The number of halogens is 7. The number of carbonyl (C=O) groups is 3. The Morgan fingerprint density at radius 3 is 2.30 bits per heavy atom. The second-order valence-electron chi connectivity index (χ2n) is 9.69. The van der Waals surface area contributed by atoms with Gasteiger partial charge in [-0.3, -0.25) is 14.4 Å². The van der Waals surface area contributed by atoms with E-state index < -0.39 is 57.3 Å². The summed E-state index contributed by atoms with van der Waals surface area (Å²) in [6.45, 7) is 3.31. The summed E-state index contributed by atoms with van der Waals surface area (Å²) in [6, 6.07) is 10.9. The molecule has 1 aliphatic rings. The Bertz CT molecular complexity index is 1610. The first kappa shape index (κ1) is 33.2. The molecular formula is C29H24Cl5F2N3O4. The average Bonchev–Trinajstić information content (AvgIpc) is 3.54. The van der Waals surface area contributed by atoms with Crippen molar-refractivity contribution in [1.82, 2.24) is 0 Å². The molecule has 0 bridgehead atoms. The van der Waals surface area contributed by atoms with Gasteiger partial charge >= 0.3 is 0 Å². The van der Waals surface area contributed by atoms with Gasteiger partial charge in [-0.2, -0.15) is 0 Å². The molecule has 3 atom stereocenters. The maximum atomic E-state index is 15.4. The lowest BCUT2D eigenvalue weighted by atomic mass is 10.1. The Labute approximate surface area is 271 Å². The average molecular weight is 694 g/mol. The number of amides is 3. The SMILES string of the molecule is CCOC(C)C(=O)Nc1c(F)ccc(N(C)C(=O)c2cc(NC(=O)C3[C@H](c4ccc(Cl)c(Cl)c4)C3(Cl)Cl)ccc2Cl)c1F. The molecule has 7 nitrogen and oxygen atoms in total. The van der Waals surface area contributed by atoms with E-state index in [0.29, 0.717) is 10.6 Å². The van der Waals surface area contributed by atoms with Crippen LogP contribution in [-0.2, 0) is 14.3 Å². The molecule has 0 aliphatic heterocycles. The summed E-state index contributed by atoms with van der Waals surface area (Å²) < 4.78 is 33.6. The van der Waals surface area contributed by atoms with Crippen molar-refractivity contribution in [3.8, 4) is 0 Å². The second-order valence-corrected chi connectivity index (χ2v) is 12.4. The fourth-order valence-electron chi connectivity index (χ4n) is 4.52. The molecule has 4 rings (SSSR count). The molecule has 3 aromatic carbocycles. The van der Waals surface area contributed by atoms with Crippen LogP contribution in [0.2, 0.25) is 15.1 Å². The fraction of sp³-hybridized carbons (Fsp3) is 0.276. The zero-order valence-electron chi connectivity index (χ0n) is 22.8. The van der Waals surface area contributed by atoms with Gasteiger partial charge in [-0.1, -0.05) is 40.9 Å². The normalized spacial score (nSPS) is 17.6. The number of alkyl halides is 2. The molecule has 1 fully saturated rings. The number of ether oxygens (including phenoxy) is 1. The largest absolute Gasteiger partial charge is 0.369 e. The quantitative estimate of drug-likeness (QED) is 0.222. The van der Waals surface area contributed by atoms with Gasteiger partial charge in [0.2, 0.25) is 5.91 Å². The third-order valence-electron chi connectivity index (χ3n) is 6.87. The van der Waals surface area contributed by atoms with Crippen LogP contribution in [0.4, 0.5) is 25.8 Å². The van der Waals surface area contributed by atoms with Gasteiger partial charge in [0.25, 0.3) is 11.8 Å². The van der Waals surface area contributed by atoms with Crippen LogP contribution in [0.3, 0.4) is 0 Å². The Hall–Kier alpha value is -2.66. The standard InChI is InChI=1S/C29H24Cl5F2N3O4/c1-4-43-13(2)26(40)38-25-20(35)9-10-21(24(25)36)39(3)28(42)16-12-15(6-8-17(16)30)37-27(41)23-22(29(23,33)34)14-5-7-18(31)19(32)11-14/h5-13,22-23H,4H2,1-3H3,(H,37,41)(H,38,40)/t13?,22-,23?/m0/s1. The van der Waals surface area contributed by atoms with Crippen molar-refractivity contribution in [1.29, 1.82) is 0 Å². The molecule has 228 valence electrons. The Kier molecular flexibility index (Phi) is 10.2. The Morgan fingerprint density at radius 2 is 1.65 bits per heavy atom. The summed E-state index contributed by atoms with van der Waals surface area (Å²) in [6.07, 6.45) is -0.971. The highest BCUT2D eigenvalue weighted by atomic mass is 35.5. The van der Waals surface area contributed by atoms with E-state index in [0.717, 1.165) is 17.0 Å². The van der Waals surface area contributed by atoms with E-state index in [1.165, 1.54) is 32.2 Å². The molecule has 43 heavy (non-hydrogen) atoms. The van der Waals surface area contributed by atoms with Crippen LogP contribution in [0.1, 0.15) is 35.7 Å². The van der Waals surface area contributed by atoms with Crippen LogP contribution in [0.15, 0.2) is 48.5 Å². The van der Waals surface area contributed by atoms with Crippen molar-refractivity contribution in [2.24, 2.45) is 5.92 Å². The summed E-state index contributed by atoms with van der Waals surface area (Å²) in [5.41, 5.74) is -0.369. The first-order chi connectivity index (χ1) is 20.2. The van der Waals surface area contributed by atoms with E-state index in [1.54, 1.807) is 25.1 Å². The third kappa shape index (κ3) is 6.87. The summed E-state index contributed by atoms with van der Waals surface area (Å²) >= 11 is 31.2. The lowest BCUT2D eigenvalue weighted by molar-refractivity contribution is -0.126. The van der Waals surface area contributed by atoms with E-state index in [4.69, 9.17) is 62.7 Å². The van der Waals surface area contributed by atoms with Crippen molar-refractivity contribution >= 4 is 92.8 Å². The molecule has 2 N–H and O–H groups in total. The Morgan fingerprint density at radius 1 is 0.977 bits per heavy atom. The highest BCUT2D eigenvalue weighted by Crippen LogP contribution is 2.65. The van der Waals surface area contributed by atoms with Crippen LogP contribution in [0.5, 0.6) is 0 Å². The lowest BCUT2D eigenvalue weighted by Gasteiger charge is -2.21. The number of benzene rings is 3. The summed E-state index contributed by atoms with van der Waals surface area (Å²) in [5, 5.41) is 5.46. The van der Waals surface area contributed by atoms with Crippen molar-refractivity contribution in [3.63, 3.8) is 0 Å². The van der Waals surface area contributed by atoms with Gasteiger partial charge in [-0.15, -0.1) is 23.2 Å². The van der Waals surface area contributed by atoms with E-state index in [1.807, 2.05) is 0 Å². The lowest BCUT2D eigenvalue weighted by Crippen LogP contribution is -2.30. The van der Waals surface area contributed by atoms with Gasteiger partial charge in [-0.05, 0) is 61.9 Å².